The molecular formula is C25H28N4OS. The SMILES string of the molecule is O=C(NCCCN1CCC(Cc2ccccc2)CC1)C1=Cc2[nH]nc3cccc(c23)S1. The molecule has 3 heterocycles. The number of carbonyl (C=O) groups excluding carboxylic acids is 1. The van der Waals surface area contributed by atoms with Gasteiger partial charge in [-0.15, -0.1) is 0 Å². The molecular weight excluding hydrogens is 404 g/mol. The molecule has 2 aliphatic heterocycles. The summed E-state index contributed by atoms with van der Waals surface area (Å²) in [5, 5.41) is 11.6. The van der Waals surface area contributed by atoms with Gasteiger partial charge in [0, 0.05) is 16.8 Å². The van der Waals surface area contributed by atoms with Gasteiger partial charge in [0.05, 0.1) is 16.1 Å². The van der Waals surface area contributed by atoms with E-state index >= 15 is 0 Å². The number of likely N-dealkylation sites (tertiary alicyclic amines) is 1. The van der Waals surface area contributed by atoms with Crippen molar-refractivity contribution < 1.29 is 4.79 Å². The molecule has 0 radical (unpaired) electrons. The Kier molecular flexibility index (Phi) is 6.09. The predicted octanol–water partition coefficient (Wildman–Crippen LogP) is 4.47. The summed E-state index contributed by atoms with van der Waals surface area (Å²) in [4.78, 5) is 17.0. The quantitative estimate of drug-likeness (QED) is 0.541. The summed E-state index contributed by atoms with van der Waals surface area (Å²) in [5.74, 6) is 0.800. The van der Waals surface area contributed by atoms with Crippen LogP contribution in [0.3, 0.4) is 0 Å². The van der Waals surface area contributed by atoms with Crippen molar-refractivity contribution in [2.75, 3.05) is 26.2 Å². The van der Waals surface area contributed by atoms with Crippen LogP contribution in [0.15, 0.2) is 58.3 Å². The number of hydrogen-bond donors (Lipinski definition) is 2. The third-order valence-corrected chi connectivity index (χ3v) is 7.38. The lowest BCUT2D eigenvalue weighted by Crippen LogP contribution is -2.36. The van der Waals surface area contributed by atoms with E-state index in [2.05, 4.69) is 50.7 Å². The zero-order chi connectivity index (χ0) is 21.0. The fourth-order valence-electron chi connectivity index (χ4n) is 4.59. The monoisotopic (exact) mass is 432 g/mol. The van der Waals surface area contributed by atoms with Gasteiger partial charge in [-0.1, -0.05) is 48.2 Å². The minimum Gasteiger partial charge on any atom is -0.352 e. The van der Waals surface area contributed by atoms with Crippen molar-refractivity contribution in [3.05, 3.63) is 64.7 Å². The Balaban J connectivity index is 1.04. The number of aromatic nitrogens is 2. The molecule has 3 aromatic rings. The van der Waals surface area contributed by atoms with Gasteiger partial charge < -0.3 is 10.2 Å². The van der Waals surface area contributed by atoms with Crippen LogP contribution in [-0.4, -0.2) is 47.2 Å². The second-order valence-electron chi connectivity index (χ2n) is 8.48. The van der Waals surface area contributed by atoms with Crippen molar-refractivity contribution in [1.29, 1.82) is 0 Å². The highest BCUT2D eigenvalue weighted by atomic mass is 32.2. The van der Waals surface area contributed by atoms with Crippen LogP contribution in [0.2, 0.25) is 0 Å². The first-order valence-electron chi connectivity index (χ1n) is 11.2. The van der Waals surface area contributed by atoms with E-state index in [4.69, 9.17) is 0 Å². The first-order valence-corrected chi connectivity index (χ1v) is 12.0. The summed E-state index contributed by atoms with van der Waals surface area (Å²) in [6.45, 7) is 4.09. The lowest BCUT2D eigenvalue weighted by atomic mass is 9.90. The van der Waals surface area contributed by atoms with E-state index in [1.165, 1.54) is 49.7 Å². The van der Waals surface area contributed by atoms with Crippen molar-refractivity contribution in [2.24, 2.45) is 5.92 Å². The van der Waals surface area contributed by atoms with Gasteiger partial charge >= 0.3 is 0 Å². The Bertz CT molecular complexity index is 1080. The summed E-state index contributed by atoms with van der Waals surface area (Å²) in [6.07, 6.45) is 6.63. The number of nitrogens with zero attached hydrogens (tertiary/aromatic N) is 2. The zero-order valence-corrected chi connectivity index (χ0v) is 18.5. The molecule has 0 aliphatic carbocycles. The highest BCUT2D eigenvalue weighted by molar-refractivity contribution is 8.04. The third-order valence-electron chi connectivity index (χ3n) is 6.30. The first-order chi connectivity index (χ1) is 15.3. The molecule has 31 heavy (non-hydrogen) atoms. The van der Waals surface area contributed by atoms with Gasteiger partial charge in [-0.3, -0.25) is 9.89 Å². The fraction of sp³-hybridized carbons (Fsp3) is 0.360. The molecule has 1 amide bonds. The molecule has 2 aliphatic rings. The van der Waals surface area contributed by atoms with Gasteiger partial charge in [0.2, 0.25) is 0 Å². The minimum atomic E-state index is 0.00354. The fourth-order valence-corrected chi connectivity index (χ4v) is 5.64. The number of aromatic amines is 1. The molecule has 0 spiro atoms. The van der Waals surface area contributed by atoms with Crippen molar-refractivity contribution in [1.82, 2.24) is 20.4 Å². The summed E-state index contributed by atoms with van der Waals surface area (Å²) in [5.41, 5.74) is 3.33. The van der Waals surface area contributed by atoms with E-state index in [0.29, 0.717) is 6.54 Å². The highest BCUT2D eigenvalue weighted by Gasteiger charge is 2.21. The van der Waals surface area contributed by atoms with Crippen LogP contribution >= 0.6 is 11.8 Å². The van der Waals surface area contributed by atoms with Crippen LogP contribution in [0, 0.1) is 5.92 Å². The molecule has 0 bridgehead atoms. The maximum absolute atomic E-state index is 12.7. The number of piperidine rings is 1. The average molecular weight is 433 g/mol. The van der Waals surface area contributed by atoms with Crippen LogP contribution in [0.25, 0.3) is 17.0 Å². The van der Waals surface area contributed by atoms with Crippen LogP contribution in [-0.2, 0) is 11.2 Å². The first kappa shape index (κ1) is 20.3. The normalized spacial score (nSPS) is 17.0. The lowest BCUT2D eigenvalue weighted by Gasteiger charge is -2.32. The molecule has 2 aromatic carbocycles. The van der Waals surface area contributed by atoms with E-state index in [0.717, 1.165) is 45.3 Å². The second kappa shape index (κ2) is 9.28. The topological polar surface area (TPSA) is 61.0 Å². The van der Waals surface area contributed by atoms with Crippen LogP contribution in [0.4, 0.5) is 0 Å². The Morgan fingerprint density at radius 3 is 2.81 bits per heavy atom. The van der Waals surface area contributed by atoms with Gasteiger partial charge in [0.25, 0.3) is 5.91 Å². The molecule has 160 valence electrons. The van der Waals surface area contributed by atoms with E-state index in [1.807, 2.05) is 24.3 Å². The van der Waals surface area contributed by atoms with Crippen LogP contribution < -0.4 is 5.32 Å². The van der Waals surface area contributed by atoms with Gasteiger partial charge in [-0.2, -0.15) is 5.10 Å². The molecule has 2 N–H and O–H groups in total. The number of rotatable bonds is 7. The predicted molar refractivity (Wildman–Crippen MR) is 127 cm³/mol. The Morgan fingerprint density at radius 2 is 1.97 bits per heavy atom. The number of H-pyrrole nitrogens is 1. The van der Waals surface area contributed by atoms with Crippen molar-refractivity contribution in [2.45, 2.75) is 30.6 Å². The maximum Gasteiger partial charge on any atom is 0.258 e. The van der Waals surface area contributed by atoms with Crippen molar-refractivity contribution >= 4 is 34.6 Å². The summed E-state index contributed by atoms with van der Waals surface area (Å²) in [7, 11) is 0. The molecule has 0 atom stereocenters. The van der Waals surface area contributed by atoms with E-state index in [-0.39, 0.29) is 5.91 Å². The van der Waals surface area contributed by atoms with E-state index < -0.39 is 0 Å². The summed E-state index contributed by atoms with van der Waals surface area (Å²) in [6, 6.07) is 16.9. The van der Waals surface area contributed by atoms with Gasteiger partial charge in [0.15, 0.2) is 0 Å². The largest absolute Gasteiger partial charge is 0.352 e. The van der Waals surface area contributed by atoms with Crippen LogP contribution in [0.1, 0.15) is 30.5 Å². The summed E-state index contributed by atoms with van der Waals surface area (Å²) < 4.78 is 0. The molecule has 6 heteroatoms. The Morgan fingerprint density at radius 1 is 1.13 bits per heavy atom. The average Bonchev–Trinajstić information content (AvgIpc) is 3.23. The van der Waals surface area contributed by atoms with Gasteiger partial charge in [-0.25, -0.2) is 0 Å². The number of nitrogens with one attached hydrogen (secondary N) is 2. The molecule has 0 saturated carbocycles. The highest BCUT2D eigenvalue weighted by Crippen LogP contribution is 2.39. The second-order valence-corrected chi connectivity index (χ2v) is 9.57. The third kappa shape index (κ3) is 4.70. The number of hydrogen-bond acceptors (Lipinski definition) is 4. The molecule has 1 fully saturated rings. The number of thioether (sulfide) groups is 1. The molecule has 0 unspecified atom stereocenters. The standard InChI is InChI=1S/C25H28N4OS/c30-25(23-17-21-24-20(27-28-21)8-4-9-22(24)31-23)26-12-5-13-29-14-10-19(11-15-29)16-18-6-2-1-3-7-18/h1-4,6-9,17,19H,5,10-16H2,(H,26,30)(H,27,28). The summed E-state index contributed by atoms with van der Waals surface area (Å²) >= 11 is 1.53. The van der Waals surface area contributed by atoms with Crippen molar-refractivity contribution in [3.8, 4) is 0 Å². The molecule has 5 rings (SSSR count). The van der Waals surface area contributed by atoms with Crippen molar-refractivity contribution in [3.63, 3.8) is 0 Å². The maximum atomic E-state index is 12.7. The van der Waals surface area contributed by atoms with Crippen LogP contribution in [0.5, 0.6) is 0 Å². The molecule has 1 saturated heterocycles. The van der Waals surface area contributed by atoms with E-state index in [1.54, 1.807) is 0 Å². The van der Waals surface area contributed by atoms with Gasteiger partial charge in [0.1, 0.15) is 0 Å². The van der Waals surface area contributed by atoms with E-state index in [9.17, 15) is 4.79 Å². The number of benzene rings is 2. The Labute approximate surface area is 187 Å². The molecule has 5 nitrogen and oxygen atoms in total. The minimum absolute atomic E-state index is 0.00354. The zero-order valence-electron chi connectivity index (χ0n) is 17.6. The van der Waals surface area contributed by atoms with Gasteiger partial charge in [-0.05, 0) is 75.0 Å². The number of carbonyl (C=O) groups is 1. The molecule has 1 aromatic heterocycles. The Hall–Kier alpha value is -2.57. The number of amides is 1. The smallest absolute Gasteiger partial charge is 0.258 e. The lowest BCUT2D eigenvalue weighted by molar-refractivity contribution is -0.116.